The molecule has 1 aromatic heterocycles. The van der Waals surface area contributed by atoms with Crippen molar-refractivity contribution in [3.63, 3.8) is 0 Å². The number of pyridine rings is 1. The van der Waals surface area contributed by atoms with Gasteiger partial charge in [0.25, 0.3) is 0 Å². The smallest absolute Gasteiger partial charge is 0.124 e. The number of rotatable bonds is 2. The molecule has 0 saturated heterocycles. The molecule has 0 spiro atoms. The van der Waals surface area contributed by atoms with Gasteiger partial charge in [0, 0.05) is 16.1 Å². The van der Waals surface area contributed by atoms with Gasteiger partial charge < -0.3 is 5.11 Å². The van der Waals surface area contributed by atoms with Gasteiger partial charge in [-0.1, -0.05) is 40.2 Å². The molecule has 1 atom stereocenters. The SMILES string of the molecule is OC(c1ccc(F)cc1Br)c1cccc2ncccc12. The second-order valence-electron chi connectivity index (χ2n) is 4.49. The van der Waals surface area contributed by atoms with Crippen molar-refractivity contribution in [2.24, 2.45) is 0 Å². The highest BCUT2D eigenvalue weighted by Gasteiger charge is 2.16. The zero-order chi connectivity index (χ0) is 14.1. The number of fused-ring (bicyclic) bond motifs is 1. The van der Waals surface area contributed by atoms with Crippen molar-refractivity contribution in [3.05, 3.63) is 76.1 Å². The summed E-state index contributed by atoms with van der Waals surface area (Å²) in [5, 5.41) is 11.5. The molecule has 0 amide bonds. The van der Waals surface area contributed by atoms with E-state index in [0.29, 0.717) is 10.0 Å². The van der Waals surface area contributed by atoms with Gasteiger partial charge in [-0.3, -0.25) is 4.98 Å². The summed E-state index contributed by atoms with van der Waals surface area (Å²) in [6.07, 6.45) is 0.879. The molecule has 0 aliphatic carbocycles. The van der Waals surface area contributed by atoms with Crippen LogP contribution in [0, 0.1) is 5.82 Å². The van der Waals surface area contributed by atoms with Crippen LogP contribution in [0.4, 0.5) is 4.39 Å². The van der Waals surface area contributed by atoms with Crippen molar-refractivity contribution in [3.8, 4) is 0 Å². The Morgan fingerprint density at radius 1 is 1.05 bits per heavy atom. The Hall–Kier alpha value is -1.78. The van der Waals surface area contributed by atoms with Crippen molar-refractivity contribution in [2.75, 3.05) is 0 Å². The standard InChI is InChI=1S/C16H11BrFNO/c17-14-9-10(18)6-7-13(14)16(20)12-3-1-5-15-11(12)4-2-8-19-15/h1-9,16,20H. The summed E-state index contributed by atoms with van der Waals surface area (Å²) in [6.45, 7) is 0. The van der Waals surface area contributed by atoms with Gasteiger partial charge in [0.1, 0.15) is 11.9 Å². The molecule has 0 aliphatic heterocycles. The Kier molecular flexibility index (Phi) is 3.51. The fourth-order valence-electron chi connectivity index (χ4n) is 2.26. The topological polar surface area (TPSA) is 33.1 Å². The fourth-order valence-corrected chi connectivity index (χ4v) is 2.82. The first-order chi connectivity index (χ1) is 9.66. The van der Waals surface area contributed by atoms with E-state index in [9.17, 15) is 9.50 Å². The Labute approximate surface area is 124 Å². The molecule has 4 heteroatoms. The molecule has 1 unspecified atom stereocenters. The lowest BCUT2D eigenvalue weighted by molar-refractivity contribution is 0.221. The first-order valence-corrected chi connectivity index (χ1v) is 6.93. The number of aromatic nitrogens is 1. The molecule has 1 heterocycles. The van der Waals surface area contributed by atoms with Crippen molar-refractivity contribution < 1.29 is 9.50 Å². The van der Waals surface area contributed by atoms with Gasteiger partial charge in [-0.15, -0.1) is 0 Å². The summed E-state index contributed by atoms with van der Waals surface area (Å²) >= 11 is 3.29. The van der Waals surface area contributed by atoms with Crippen LogP contribution in [0.5, 0.6) is 0 Å². The third kappa shape index (κ3) is 2.32. The van der Waals surface area contributed by atoms with Gasteiger partial charge in [-0.2, -0.15) is 0 Å². The van der Waals surface area contributed by atoms with Crippen LogP contribution in [0.2, 0.25) is 0 Å². The molecule has 2 aromatic carbocycles. The fraction of sp³-hybridized carbons (Fsp3) is 0.0625. The summed E-state index contributed by atoms with van der Waals surface area (Å²) in [7, 11) is 0. The average Bonchev–Trinajstić information content (AvgIpc) is 2.46. The quantitative estimate of drug-likeness (QED) is 0.762. The van der Waals surface area contributed by atoms with Crippen LogP contribution in [-0.4, -0.2) is 10.1 Å². The number of nitrogens with zero attached hydrogens (tertiary/aromatic N) is 1. The van der Waals surface area contributed by atoms with Crippen LogP contribution in [-0.2, 0) is 0 Å². The maximum absolute atomic E-state index is 13.1. The van der Waals surface area contributed by atoms with Gasteiger partial charge in [-0.25, -0.2) is 4.39 Å². The van der Waals surface area contributed by atoms with E-state index in [2.05, 4.69) is 20.9 Å². The molecule has 0 fully saturated rings. The minimum absolute atomic E-state index is 0.340. The molecule has 20 heavy (non-hydrogen) atoms. The van der Waals surface area contributed by atoms with Gasteiger partial charge in [0.15, 0.2) is 0 Å². The van der Waals surface area contributed by atoms with E-state index < -0.39 is 6.10 Å². The molecule has 3 aromatic rings. The van der Waals surface area contributed by atoms with E-state index in [1.54, 1.807) is 12.3 Å². The molecule has 100 valence electrons. The zero-order valence-electron chi connectivity index (χ0n) is 10.4. The Morgan fingerprint density at radius 2 is 1.90 bits per heavy atom. The van der Waals surface area contributed by atoms with Gasteiger partial charge in [-0.05, 0) is 35.4 Å². The first-order valence-electron chi connectivity index (χ1n) is 6.13. The van der Waals surface area contributed by atoms with Crippen LogP contribution in [0.3, 0.4) is 0 Å². The van der Waals surface area contributed by atoms with E-state index in [4.69, 9.17) is 0 Å². The minimum Gasteiger partial charge on any atom is -0.384 e. The van der Waals surface area contributed by atoms with E-state index in [1.165, 1.54) is 12.1 Å². The summed E-state index contributed by atoms with van der Waals surface area (Å²) in [4.78, 5) is 4.27. The summed E-state index contributed by atoms with van der Waals surface area (Å²) in [6, 6.07) is 13.6. The van der Waals surface area contributed by atoms with Gasteiger partial charge >= 0.3 is 0 Å². The highest BCUT2D eigenvalue weighted by Crippen LogP contribution is 2.32. The third-order valence-electron chi connectivity index (χ3n) is 3.23. The van der Waals surface area contributed by atoms with Crippen molar-refractivity contribution in [1.29, 1.82) is 0 Å². The number of aliphatic hydroxyl groups excluding tert-OH is 1. The molecule has 0 saturated carbocycles. The lowest BCUT2D eigenvalue weighted by atomic mass is 9.97. The molecule has 0 aliphatic rings. The molecule has 3 rings (SSSR count). The van der Waals surface area contributed by atoms with Crippen molar-refractivity contribution in [1.82, 2.24) is 4.98 Å². The van der Waals surface area contributed by atoms with Crippen LogP contribution in [0.25, 0.3) is 10.9 Å². The molecule has 2 nitrogen and oxygen atoms in total. The number of halogens is 2. The van der Waals surface area contributed by atoms with Crippen molar-refractivity contribution >= 4 is 26.8 Å². The maximum atomic E-state index is 13.1. The second-order valence-corrected chi connectivity index (χ2v) is 5.34. The Morgan fingerprint density at radius 3 is 2.70 bits per heavy atom. The largest absolute Gasteiger partial charge is 0.384 e. The minimum atomic E-state index is -0.835. The Balaban J connectivity index is 2.15. The highest BCUT2D eigenvalue weighted by atomic mass is 79.9. The van der Waals surface area contributed by atoms with Crippen LogP contribution >= 0.6 is 15.9 Å². The lowest BCUT2D eigenvalue weighted by Crippen LogP contribution is -2.02. The normalized spacial score (nSPS) is 12.6. The number of benzene rings is 2. The van der Waals surface area contributed by atoms with E-state index in [-0.39, 0.29) is 5.82 Å². The Bertz CT molecular complexity index is 770. The summed E-state index contributed by atoms with van der Waals surface area (Å²) in [5.74, 6) is -0.340. The highest BCUT2D eigenvalue weighted by molar-refractivity contribution is 9.10. The van der Waals surface area contributed by atoms with Crippen LogP contribution in [0.1, 0.15) is 17.2 Å². The average molecular weight is 332 g/mol. The van der Waals surface area contributed by atoms with E-state index in [0.717, 1.165) is 16.5 Å². The molecular weight excluding hydrogens is 321 g/mol. The second kappa shape index (κ2) is 5.31. The summed E-state index contributed by atoms with van der Waals surface area (Å²) in [5.41, 5.74) is 2.20. The van der Waals surface area contributed by atoms with Gasteiger partial charge in [0.05, 0.1) is 5.52 Å². The van der Waals surface area contributed by atoms with Crippen LogP contribution in [0.15, 0.2) is 59.2 Å². The molecule has 0 radical (unpaired) electrons. The number of hydrogen-bond acceptors (Lipinski definition) is 2. The van der Waals surface area contributed by atoms with Gasteiger partial charge in [0.2, 0.25) is 0 Å². The third-order valence-corrected chi connectivity index (χ3v) is 3.92. The van der Waals surface area contributed by atoms with Crippen LogP contribution < -0.4 is 0 Å². The lowest BCUT2D eigenvalue weighted by Gasteiger charge is -2.15. The molecular formula is C16H11BrFNO. The predicted octanol–water partition coefficient (Wildman–Crippen LogP) is 4.22. The number of aliphatic hydroxyl groups is 1. The molecule has 1 N–H and O–H groups in total. The van der Waals surface area contributed by atoms with Crippen molar-refractivity contribution in [2.45, 2.75) is 6.10 Å². The first kappa shape index (κ1) is 13.2. The maximum Gasteiger partial charge on any atom is 0.124 e. The monoisotopic (exact) mass is 331 g/mol. The number of hydrogen-bond donors (Lipinski definition) is 1. The predicted molar refractivity (Wildman–Crippen MR) is 79.9 cm³/mol. The summed E-state index contributed by atoms with van der Waals surface area (Å²) < 4.78 is 13.7. The molecule has 0 bridgehead atoms. The zero-order valence-corrected chi connectivity index (χ0v) is 12.0. The van der Waals surface area contributed by atoms with E-state index >= 15 is 0 Å². The van der Waals surface area contributed by atoms with E-state index in [1.807, 2.05) is 30.3 Å².